The van der Waals surface area contributed by atoms with E-state index in [0.717, 1.165) is 38.0 Å². The molecule has 0 bridgehead atoms. The van der Waals surface area contributed by atoms with Crippen LogP contribution in [0.3, 0.4) is 0 Å². The van der Waals surface area contributed by atoms with Gasteiger partial charge in [-0.25, -0.2) is 0 Å². The Morgan fingerprint density at radius 2 is 2.04 bits per heavy atom. The first-order valence-electron chi connectivity index (χ1n) is 9.01. The Bertz CT molecular complexity index is 656. The van der Waals surface area contributed by atoms with Crippen LogP contribution in [-0.4, -0.2) is 59.3 Å². The van der Waals surface area contributed by atoms with Crippen LogP contribution in [0.4, 0.5) is 0 Å². The van der Waals surface area contributed by atoms with Gasteiger partial charge in [-0.3, -0.25) is 9.59 Å². The molecule has 1 atom stereocenters. The molecule has 0 saturated carbocycles. The highest BCUT2D eigenvalue weighted by atomic mass is 32.2. The van der Waals surface area contributed by atoms with Gasteiger partial charge in [0, 0.05) is 19.1 Å². The summed E-state index contributed by atoms with van der Waals surface area (Å²) in [6, 6.07) is 5.67. The van der Waals surface area contributed by atoms with Gasteiger partial charge in [0.1, 0.15) is 0 Å². The number of primary amides is 1. The second-order valence-corrected chi connectivity index (χ2v) is 7.93. The number of amides is 2. The highest BCUT2D eigenvalue weighted by Crippen LogP contribution is 2.38. The van der Waals surface area contributed by atoms with Crippen molar-refractivity contribution in [1.29, 1.82) is 0 Å². The Balaban J connectivity index is 1.70. The summed E-state index contributed by atoms with van der Waals surface area (Å²) in [5.41, 5.74) is 7.28. The van der Waals surface area contributed by atoms with Crippen molar-refractivity contribution < 1.29 is 9.59 Å². The molecule has 1 unspecified atom stereocenters. The molecule has 2 heterocycles. The fourth-order valence-corrected chi connectivity index (χ4v) is 4.57. The van der Waals surface area contributed by atoms with E-state index in [1.54, 1.807) is 6.07 Å². The number of hydrogen-bond acceptors (Lipinski definition) is 4. The summed E-state index contributed by atoms with van der Waals surface area (Å²) in [6.45, 7) is 5.27. The van der Waals surface area contributed by atoms with Crippen molar-refractivity contribution >= 4 is 23.6 Å². The summed E-state index contributed by atoms with van der Waals surface area (Å²) in [6.07, 6.45) is 5.35. The van der Waals surface area contributed by atoms with Gasteiger partial charge in [-0.2, -0.15) is 11.8 Å². The second-order valence-electron chi connectivity index (χ2n) is 6.94. The minimum atomic E-state index is -0.525. The van der Waals surface area contributed by atoms with Gasteiger partial charge in [0.25, 0.3) is 5.91 Å². The molecule has 5 nitrogen and oxygen atoms in total. The number of rotatable bonds is 6. The highest BCUT2D eigenvalue weighted by Gasteiger charge is 2.41. The third-order valence-electron chi connectivity index (χ3n) is 5.45. The Hall–Kier alpha value is -1.53. The fourth-order valence-electron chi connectivity index (χ4n) is 4.15. The molecular formula is C19H27N3O2S. The summed E-state index contributed by atoms with van der Waals surface area (Å²) in [7, 11) is 0. The first-order chi connectivity index (χ1) is 12.0. The Morgan fingerprint density at radius 3 is 2.68 bits per heavy atom. The number of benzene rings is 1. The number of carbonyl (C=O) groups is 2. The monoisotopic (exact) mass is 361 g/mol. The molecule has 1 aromatic carbocycles. The Kier molecular flexibility index (Phi) is 5.69. The Morgan fingerprint density at radius 1 is 1.32 bits per heavy atom. The van der Waals surface area contributed by atoms with Gasteiger partial charge >= 0.3 is 0 Å². The molecule has 2 N–H and O–H groups in total. The SMILES string of the molecule is CSCCCN1CCC(N2C(=O)c3c(C(N)=O)cccc3C2C)CC1. The van der Waals surface area contributed by atoms with Crippen molar-refractivity contribution in [3.8, 4) is 0 Å². The number of hydrogen-bond donors (Lipinski definition) is 1. The molecule has 2 aliphatic rings. The third kappa shape index (κ3) is 3.55. The van der Waals surface area contributed by atoms with Gasteiger partial charge in [0.15, 0.2) is 0 Å². The average molecular weight is 362 g/mol. The van der Waals surface area contributed by atoms with Crippen molar-refractivity contribution in [2.75, 3.05) is 31.6 Å². The lowest BCUT2D eigenvalue weighted by Gasteiger charge is -2.38. The molecule has 2 amide bonds. The van der Waals surface area contributed by atoms with Gasteiger partial charge in [-0.1, -0.05) is 12.1 Å². The van der Waals surface area contributed by atoms with Crippen LogP contribution in [0.2, 0.25) is 0 Å². The van der Waals surface area contributed by atoms with E-state index in [2.05, 4.69) is 18.1 Å². The zero-order chi connectivity index (χ0) is 18.0. The van der Waals surface area contributed by atoms with E-state index < -0.39 is 5.91 Å². The predicted octanol–water partition coefficient (Wildman–Crippen LogP) is 2.52. The molecule has 1 fully saturated rings. The van der Waals surface area contributed by atoms with E-state index in [0.29, 0.717) is 11.1 Å². The van der Waals surface area contributed by atoms with Crippen molar-refractivity contribution in [2.24, 2.45) is 5.73 Å². The summed E-state index contributed by atoms with van der Waals surface area (Å²) in [4.78, 5) is 29.2. The van der Waals surface area contributed by atoms with E-state index in [1.165, 1.54) is 12.2 Å². The molecule has 0 aromatic heterocycles. The molecule has 3 rings (SSSR count). The maximum absolute atomic E-state index is 13.0. The average Bonchev–Trinajstić information content (AvgIpc) is 2.87. The van der Waals surface area contributed by atoms with Crippen molar-refractivity contribution in [3.05, 3.63) is 34.9 Å². The minimum Gasteiger partial charge on any atom is -0.366 e. The molecule has 0 aliphatic carbocycles. The maximum atomic E-state index is 13.0. The number of thioether (sulfide) groups is 1. The molecule has 136 valence electrons. The van der Waals surface area contributed by atoms with Gasteiger partial charge < -0.3 is 15.5 Å². The standard InChI is InChI=1S/C19H27N3O2S/c1-13-15-5-3-6-16(18(20)23)17(15)19(24)22(13)14-7-10-21(11-8-14)9-4-12-25-2/h3,5-6,13-14H,4,7-12H2,1-2H3,(H2,20,23). The van der Waals surface area contributed by atoms with Crippen LogP contribution in [-0.2, 0) is 0 Å². The number of nitrogens with two attached hydrogens (primary N) is 1. The lowest BCUT2D eigenvalue weighted by Crippen LogP contribution is -2.46. The molecule has 0 radical (unpaired) electrons. The number of carbonyl (C=O) groups excluding carboxylic acids is 2. The van der Waals surface area contributed by atoms with Crippen LogP contribution in [0, 0.1) is 0 Å². The van der Waals surface area contributed by atoms with Gasteiger partial charge in [-0.15, -0.1) is 0 Å². The number of likely N-dealkylation sites (tertiary alicyclic amines) is 1. The molecule has 0 spiro atoms. The first-order valence-corrected chi connectivity index (χ1v) is 10.4. The predicted molar refractivity (Wildman–Crippen MR) is 102 cm³/mol. The van der Waals surface area contributed by atoms with Crippen molar-refractivity contribution in [1.82, 2.24) is 9.80 Å². The fraction of sp³-hybridized carbons (Fsp3) is 0.579. The largest absolute Gasteiger partial charge is 0.366 e. The van der Waals surface area contributed by atoms with Crippen LogP contribution >= 0.6 is 11.8 Å². The Labute approximate surface area is 153 Å². The van der Waals surface area contributed by atoms with E-state index in [4.69, 9.17) is 5.73 Å². The van der Waals surface area contributed by atoms with Crippen molar-refractivity contribution in [3.63, 3.8) is 0 Å². The second kappa shape index (κ2) is 7.79. The minimum absolute atomic E-state index is 0.00911. The van der Waals surface area contributed by atoms with Gasteiger partial charge in [0.2, 0.25) is 5.91 Å². The maximum Gasteiger partial charge on any atom is 0.255 e. The summed E-state index contributed by atoms with van der Waals surface area (Å²) >= 11 is 1.89. The van der Waals surface area contributed by atoms with E-state index in [9.17, 15) is 9.59 Å². The summed E-state index contributed by atoms with van der Waals surface area (Å²) in [5, 5.41) is 0. The molecule has 25 heavy (non-hydrogen) atoms. The quantitative estimate of drug-likeness (QED) is 0.791. The van der Waals surface area contributed by atoms with Crippen LogP contribution in [0.25, 0.3) is 0 Å². The smallest absolute Gasteiger partial charge is 0.255 e. The van der Waals surface area contributed by atoms with Crippen LogP contribution in [0.5, 0.6) is 0 Å². The summed E-state index contributed by atoms with van der Waals surface area (Å²) < 4.78 is 0. The molecular weight excluding hydrogens is 334 g/mol. The van der Waals surface area contributed by atoms with Gasteiger partial charge in [-0.05, 0) is 56.4 Å². The van der Waals surface area contributed by atoms with Gasteiger partial charge in [0.05, 0.1) is 17.2 Å². The molecule has 1 saturated heterocycles. The molecule has 1 aromatic rings. The zero-order valence-corrected chi connectivity index (χ0v) is 15.8. The lowest BCUT2D eigenvalue weighted by molar-refractivity contribution is 0.0519. The highest BCUT2D eigenvalue weighted by molar-refractivity contribution is 7.98. The molecule has 2 aliphatic heterocycles. The third-order valence-corrected chi connectivity index (χ3v) is 6.15. The summed E-state index contributed by atoms with van der Waals surface area (Å²) in [5.74, 6) is 0.646. The van der Waals surface area contributed by atoms with Crippen LogP contribution in [0.15, 0.2) is 18.2 Å². The number of fused-ring (bicyclic) bond motifs is 1. The van der Waals surface area contributed by atoms with E-state index in [1.807, 2.05) is 28.8 Å². The zero-order valence-electron chi connectivity index (χ0n) is 15.0. The number of piperidine rings is 1. The van der Waals surface area contributed by atoms with Crippen LogP contribution in [0.1, 0.15) is 58.5 Å². The van der Waals surface area contributed by atoms with Crippen molar-refractivity contribution in [2.45, 2.75) is 38.3 Å². The lowest BCUT2D eigenvalue weighted by atomic mass is 9.99. The number of nitrogens with zero attached hydrogens (tertiary/aromatic N) is 2. The first kappa shape index (κ1) is 18.3. The van der Waals surface area contributed by atoms with E-state index in [-0.39, 0.29) is 18.0 Å². The molecule has 6 heteroatoms. The normalized spacial score (nSPS) is 21.6. The topological polar surface area (TPSA) is 66.6 Å². The van der Waals surface area contributed by atoms with E-state index >= 15 is 0 Å². The van der Waals surface area contributed by atoms with Crippen LogP contribution < -0.4 is 5.73 Å².